The van der Waals surface area contributed by atoms with E-state index >= 15 is 0 Å². The molecule has 0 saturated heterocycles. The molecule has 0 saturated carbocycles. The van der Waals surface area contributed by atoms with E-state index in [-0.39, 0.29) is 38.6 Å². The topological polar surface area (TPSA) is 134 Å². The van der Waals surface area contributed by atoms with Crippen LogP contribution in [-0.4, -0.2) is 49.3 Å². The molecule has 0 fully saturated rings. The molecule has 2 atom stereocenters. The van der Waals surface area contributed by atoms with Crippen LogP contribution < -0.4 is 5.73 Å². The van der Waals surface area contributed by atoms with Gasteiger partial charge in [0.25, 0.3) is 0 Å². The number of phosphoric acid groups is 1. The molecule has 0 radical (unpaired) electrons. The zero-order valence-electron chi connectivity index (χ0n) is 54.5. The van der Waals surface area contributed by atoms with Crippen molar-refractivity contribution in [1.82, 2.24) is 0 Å². The van der Waals surface area contributed by atoms with Crippen LogP contribution in [0.2, 0.25) is 0 Å². The number of hydrogen-bond acceptors (Lipinski definition) is 8. The van der Waals surface area contributed by atoms with Gasteiger partial charge in [-0.15, -0.1) is 0 Å². The van der Waals surface area contributed by atoms with Crippen LogP contribution in [0.25, 0.3) is 0 Å². The first kappa shape index (κ1) is 81.2. The summed E-state index contributed by atoms with van der Waals surface area (Å²) < 4.78 is 33.2. The minimum atomic E-state index is -4.40. The first-order valence-electron chi connectivity index (χ1n) is 34.7. The Labute approximate surface area is 523 Å². The Morgan fingerprint density at radius 1 is 0.365 bits per heavy atom. The van der Waals surface area contributed by atoms with E-state index in [0.717, 1.165) is 109 Å². The van der Waals surface area contributed by atoms with E-state index in [2.05, 4.69) is 148 Å². The minimum Gasteiger partial charge on any atom is -0.462 e. The Morgan fingerprint density at radius 2 is 0.647 bits per heavy atom. The lowest BCUT2D eigenvalue weighted by Crippen LogP contribution is -2.29. The van der Waals surface area contributed by atoms with Crippen molar-refractivity contribution in [3.05, 3.63) is 134 Å². The van der Waals surface area contributed by atoms with Gasteiger partial charge in [-0.2, -0.15) is 0 Å². The molecule has 0 heterocycles. The molecule has 0 bridgehead atoms. The van der Waals surface area contributed by atoms with Gasteiger partial charge in [0.15, 0.2) is 6.10 Å². The first-order chi connectivity index (χ1) is 41.8. The highest BCUT2D eigenvalue weighted by molar-refractivity contribution is 7.47. The van der Waals surface area contributed by atoms with Gasteiger partial charge in [-0.05, 0) is 116 Å². The second-order valence-electron chi connectivity index (χ2n) is 22.7. The van der Waals surface area contributed by atoms with Gasteiger partial charge in [0.2, 0.25) is 0 Å². The van der Waals surface area contributed by atoms with Gasteiger partial charge < -0.3 is 20.1 Å². The van der Waals surface area contributed by atoms with Crippen LogP contribution in [0.3, 0.4) is 0 Å². The number of carbonyl (C=O) groups is 2. The third-order valence-corrected chi connectivity index (χ3v) is 15.5. The predicted molar refractivity (Wildman–Crippen MR) is 367 cm³/mol. The molecule has 0 amide bonds. The number of rotatable bonds is 64. The van der Waals surface area contributed by atoms with Crippen molar-refractivity contribution in [2.75, 3.05) is 26.4 Å². The summed E-state index contributed by atoms with van der Waals surface area (Å²) in [5.41, 5.74) is 5.40. The Balaban J connectivity index is 3.93. The molecule has 0 aliphatic heterocycles. The molecule has 9 nitrogen and oxygen atoms in total. The van der Waals surface area contributed by atoms with E-state index in [4.69, 9.17) is 24.3 Å². The highest BCUT2D eigenvalue weighted by Gasteiger charge is 2.26. The summed E-state index contributed by atoms with van der Waals surface area (Å²) in [6.45, 7) is 3.63. The molecule has 2 unspecified atom stereocenters. The van der Waals surface area contributed by atoms with Gasteiger partial charge in [-0.3, -0.25) is 18.6 Å². The molecule has 486 valence electrons. The van der Waals surface area contributed by atoms with Crippen LogP contribution in [0.4, 0.5) is 0 Å². The normalized spacial score (nSPS) is 13.8. The highest BCUT2D eigenvalue weighted by Crippen LogP contribution is 2.43. The maximum Gasteiger partial charge on any atom is 0.472 e. The summed E-state index contributed by atoms with van der Waals surface area (Å²) in [4.78, 5) is 35.3. The fraction of sp³-hybridized carbons (Fsp3) is 0.680. The van der Waals surface area contributed by atoms with Gasteiger partial charge in [-0.1, -0.05) is 302 Å². The van der Waals surface area contributed by atoms with Gasteiger partial charge in [0.1, 0.15) is 6.61 Å². The third kappa shape index (κ3) is 69.1. The molecule has 3 N–H and O–H groups in total. The largest absolute Gasteiger partial charge is 0.472 e. The number of carbonyl (C=O) groups excluding carboxylic acids is 2. The van der Waals surface area contributed by atoms with Gasteiger partial charge >= 0.3 is 19.8 Å². The second-order valence-corrected chi connectivity index (χ2v) is 24.1. The molecule has 0 aromatic heterocycles. The number of phosphoric ester groups is 1. The van der Waals surface area contributed by atoms with Crippen LogP contribution in [0.1, 0.15) is 296 Å². The molecular weight excluding hydrogens is 1070 g/mol. The monoisotopic (exact) mass is 1200 g/mol. The zero-order chi connectivity index (χ0) is 61.6. The molecule has 10 heteroatoms. The third-order valence-electron chi connectivity index (χ3n) is 14.5. The number of ether oxygens (including phenoxy) is 2. The average Bonchev–Trinajstić information content (AvgIpc) is 3.53. The van der Waals surface area contributed by atoms with Crippen LogP contribution in [-0.2, 0) is 32.7 Å². The summed E-state index contributed by atoms with van der Waals surface area (Å²) in [5.74, 6) is -0.831. The maximum absolute atomic E-state index is 12.8. The fourth-order valence-corrected chi connectivity index (χ4v) is 10.2. The SMILES string of the molecule is CC/C=C\C/C=C\C/C=C\C/C=C\C/C=C\C/C=C\C/C=C\C/C=C\C/C=C\CCCCCCCCCCCCCC(=O)OC(COC(=O)CCCCCCCCCCCCCCC/C=C\C/C=C\CCCCCCC)COP(=O)(O)OCCN. The van der Waals surface area contributed by atoms with Crippen molar-refractivity contribution in [3.63, 3.8) is 0 Å². The summed E-state index contributed by atoms with van der Waals surface area (Å²) in [6.07, 6.45) is 98.2. The molecule has 0 spiro atoms. The van der Waals surface area contributed by atoms with Crippen molar-refractivity contribution < 1.29 is 37.6 Å². The molecule has 0 rings (SSSR count). The number of hydrogen-bond donors (Lipinski definition) is 2. The molecular formula is C75H128NO8P. The van der Waals surface area contributed by atoms with Crippen molar-refractivity contribution in [2.24, 2.45) is 5.73 Å². The van der Waals surface area contributed by atoms with Crippen LogP contribution in [0.5, 0.6) is 0 Å². The number of nitrogens with two attached hydrogens (primary N) is 1. The number of unbranched alkanes of at least 4 members (excludes halogenated alkanes) is 29. The van der Waals surface area contributed by atoms with Gasteiger partial charge in [0.05, 0.1) is 13.2 Å². The summed E-state index contributed by atoms with van der Waals surface area (Å²) in [7, 11) is -4.40. The molecule has 0 aliphatic carbocycles. The van der Waals surface area contributed by atoms with E-state index in [9.17, 15) is 19.0 Å². The fourth-order valence-electron chi connectivity index (χ4n) is 9.43. The maximum atomic E-state index is 12.8. The first-order valence-corrected chi connectivity index (χ1v) is 36.2. The highest BCUT2D eigenvalue weighted by atomic mass is 31.2. The molecule has 0 aromatic rings. The smallest absolute Gasteiger partial charge is 0.462 e. The predicted octanol–water partition coefficient (Wildman–Crippen LogP) is 22.9. The Bertz CT molecular complexity index is 1860. The van der Waals surface area contributed by atoms with Crippen molar-refractivity contribution in [1.29, 1.82) is 0 Å². The van der Waals surface area contributed by atoms with E-state index < -0.39 is 26.5 Å². The lowest BCUT2D eigenvalue weighted by atomic mass is 10.0. The van der Waals surface area contributed by atoms with Crippen molar-refractivity contribution in [2.45, 2.75) is 302 Å². The summed E-state index contributed by atoms with van der Waals surface area (Å²) in [6, 6.07) is 0. The van der Waals surface area contributed by atoms with Crippen molar-refractivity contribution in [3.8, 4) is 0 Å². The lowest BCUT2D eigenvalue weighted by Gasteiger charge is -2.19. The van der Waals surface area contributed by atoms with Crippen LogP contribution in [0, 0.1) is 0 Å². The van der Waals surface area contributed by atoms with E-state index in [1.165, 1.54) is 154 Å². The standard InChI is InChI=1S/C75H128NO8P/c1-3-5-7-9-11-13-15-17-19-21-23-25-27-29-30-31-32-33-34-35-36-37-38-39-40-41-42-44-46-48-50-52-54-56-58-60-62-64-66-68-75(78)84-73(72-83-85(79,80)82-70-69-76)71-81-74(77)67-65-63-61-59-57-55-53-51-49-47-45-43-28-26-24-22-20-18-16-14-12-10-8-6-4-2/h5,7,11,13,16-19,22-25,29-30,32-33,35-36,38-39,41-42,73H,3-4,6,8-10,12,14-15,20-21,26-28,31,34,37,40,43-72,76H2,1-2H3,(H,79,80)/b7-5-,13-11-,18-16-,19-17-,24-22-,25-23-,30-29-,33-32-,36-35-,39-38-,42-41-. The summed E-state index contributed by atoms with van der Waals surface area (Å²) in [5, 5.41) is 0. The van der Waals surface area contributed by atoms with E-state index in [1.807, 2.05) is 0 Å². The molecule has 0 aromatic carbocycles. The Hall–Kier alpha value is -3.85. The number of allylic oxidation sites excluding steroid dienone is 22. The van der Waals surface area contributed by atoms with E-state index in [1.54, 1.807) is 0 Å². The van der Waals surface area contributed by atoms with Gasteiger partial charge in [-0.25, -0.2) is 4.57 Å². The Morgan fingerprint density at radius 3 is 0.965 bits per heavy atom. The second kappa shape index (κ2) is 69.3. The van der Waals surface area contributed by atoms with Crippen LogP contribution in [0.15, 0.2) is 134 Å². The Kier molecular flexibility index (Phi) is 66.1. The number of esters is 2. The van der Waals surface area contributed by atoms with Crippen molar-refractivity contribution >= 4 is 19.8 Å². The lowest BCUT2D eigenvalue weighted by molar-refractivity contribution is -0.161. The zero-order valence-corrected chi connectivity index (χ0v) is 55.4. The summed E-state index contributed by atoms with van der Waals surface area (Å²) >= 11 is 0. The van der Waals surface area contributed by atoms with E-state index in [0.29, 0.717) is 6.42 Å². The molecule has 85 heavy (non-hydrogen) atoms. The van der Waals surface area contributed by atoms with Crippen LogP contribution >= 0.6 is 7.82 Å². The van der Waals surface area contributed by atoms with Gasteiger partial charge in [0, 0.05) is 19.4 Å². The molecule has 0 aliphatic rings. The average molecular weight is 1200 g/mol. The quantitative estimate of drug-likeness (QED) is 0.0264. The minimum absolute atomic E-state index is 0.0480.